The van der Waals surface area contributed by atoms with E-state index < -0.39 is 5.97 Å². The van der Waals surface area contributed by atoms with Crippen molar-refractivity contribution >= 4 is 23.5 Å². The summed E-state index contributed by atoms with van der Waals surface area (Å²) in [5.74, 6) is -1.26. The molecule has 4 rings (SSSR count). The maximum absolute atomic E-state index is 13.2. The molecular weight excluding hydrogens is 387 g/mol. The molecule has 0 aromatic heterocycles. The summed E-state index contributed by atoms with van der Waals surface area (Å²) in [6, 6.07) is 10.7. The molecule has 1 fully saturated rings. The number of hydrogen-bond acceptors (Lipinski definition) is 4. The predicted octanol–water partition coefficient (Wildman–Crippen LogP) is 3.05. The number of fused-ring (bicyclic) bond motifs is 1. The second-order valence-corrected chi connectivity index (χ2v) is 7.67. The average Bonchev–Trinajstić information content (AvgIpc) is 3.21. The summed E-state index contributed by atoms with van der Waals surface area (Å²) in [5.41, 5.74) is 2.65. The molecule has 2 heterocycles. The van der Waals surface area contributed by atoms with E-state index in [0.717, 1.165) is 24.1 Å². The van der Waals surface area contributed by atoms with Crippen LogP contribution in [0.1, 0.15) is 39.1 Å². The number of carbonyl (C=O) groups excluding carboxylic acids is 3. The number of methoxy groups -OCH3 is 1. The van der Waals surface area contributed by atoms with E-state index >= 15 is 0 Å². The number of anilines is 1. The summed E-state index contributed by atoms with van der Waals surface area (Å²) in [6.07, 6.45) is 2.14. The predicted molar refractivity (Wildman–Crippen MR) is 109 cm³/mol. The van der Waals surface area contributed by atoms with Crippen LogP contribution in [0.5, 0.6) is 0 Å². The summed E-state index contributed by atoms with van der Waals surface area (Å²) in [7, 11) is 1.34. The molecule has 30 heavy (non-hydrogen) atoms. The van der Waals surface area contributed by atoms with Crippen LogP contribution < -0.4 is 4.90 Å². The van der Waals surface area contributed by atoms with Gasteiger partial charge in [0.15, 0.2) is 0 Å². The first-order valence-corrected chi connectivity index (χ1v) is 10.1. The van der Waals surface area contributed by atoms with Crippen molar-refractivity contribution in [3.63, 3.8) is 0 Å². The largest absolute Gasteiger partial charge is 0.465 e. The summed E-state index contributed by atoms with van der Waals surface area (Å²) in [6.45, 7) is 1.49. The summed E-state index contributed by atoms with van der Waals surface area (Å²) in [5, 5.41) is 0. The van der Waals surface area contributed by atoms with E-state index in [2.05, 4.69) is 0 Å². The van der Waals surface area contributed by atoms with Crippen molar-refractivity contribution in [3.05, 3.63) is 65.0 Å². The van der Waals surface area contributed by atoms with E-state index in [1.165, 1.54) is 31.4 Å². The topological polar surface area (TPSA) is 66.9 Å². The smallest absolute Gasteiger partial charge is 0.337 e. The number of halogens is 1. The number of ether oxygens (including phenoxy) is 1. The second-order valence-electron chi connectivity index (χ2n) is 7.67. The first kappa shape index (κ1) is 20.1. The Hall–Kier alpha value is -3.22. The van der Waals surface area contributed by atoms with Gasteiger partial charge in [-0.1, -0.05) is 0 Å². The molecule has 0 N–H and O–H groups in total. The van der Waals surface area contributed by atoms with E-state index in [1.54, 1.807) is 28.0 Å². The molecule has 2 aliphatic heterocycles. The fraction of sp³-hybridized carbons (Fsp3) is 0.348. The van der Waals surface area contributed by atoms with Gasteiger partial charge >= 0.3 is 5.97 Å². The molecule has 1 saturated heterocycles. The molecular formula is C23H23FN2O4. The number of carbonyl (C=O) groups is 3. The molecule has 2 aliphatic rings. The highest BCUT2D eigenvalue weighted by molar-refractivity contribution is 5.99. The number of esters is 1. The van der Waals surface area contributed by atoms with E-state index in [0.29, 0.717) is 37.2 Å². The highest BCUT2D eigenvalue weighted by Gasteiger charge is 2.34. The Morgan fingerprint density at radius 1 is 1.03 bits per heavy atom. The molecule has 2 amide bonds. The third kappa shape index (κ3) is 3.79. The van der Waals surface area contributed by atoms with E-state index in [1.807, 2.05) is 0 Å². The number of benzene rings is 2. The van der Waals surface area contributed by atoms with E-state index in [4.69, 9.17) is 4.74 Å². The molecule has 0 bridgehead atoms. The van der Waals surface area contributed by atoms with Crippen LogP contribution in [0.4, 0.5) is 10.1 Å². The van der Waals surface area contributed by atoms with Gasteiger partial charge in [-0.15, -0.1) is 0 Å². The van der Waals surface area contributed by atoms with Gasteiger partial charge in [0.1, 0.15) is 5.82 Å². The third-order valence-electron chi connectivity index (χ3n) is 5.81. The van der Waals surface area contributed by atoms with Gasteiger partial charge in [0, 0.05) is 30.9 Å². The number of rotatable bonds is 3. The Morgan fingerprint density at radius 2 is 1.77 bits per heavy atom. The van der Waals surface area contributed by atoms with Gasteiger partial charge in [-0.05, 0) is 67.3 Å². The summed E-state index contributed by atoms with van der Waals surface area (Å²) in [4.78, 5) is 41.2. The molecule has 7 heteroatoms. The minimum Gasteiger partial charge on any atom is -0.465 e. The lowest BCUT2D eigenvalue weighted by Crippen LogP contribution is -2.46. The van der Waals surface area contributed by atoms with Crippen LogP contribution in [-0.2, 0) is 16.0 Å². The van der Waals surface area contributed by atoms with Crippen LogP contribution in [0, 0.1) is 11.7 Å². The summed E-state index contributed by atoms with van der Waals surface area (Å²) < 4.78 is 17.9. The molecule has 0 radical (unpaired) electrons. The van der Waals surface area contributed by atoms with Crippen LogP contribution in [0.15, 0.2) is 42.5 Å². The fourth-order valence-corrected chi connectivity index (χ4v) is 4.23. The van der Waals surface area contributed by atoms with Gasteiger partial charge in [0.05, 0.1) is 18.6 Å². The molecule has 1 atom stereocenters. The van der Waals surface area contributed by atoms with Crippen molar-refractivity contribution in [1.29, 1.82) is 0 Å². The first-order valence-electron chi connectivity index (χ1n) is 10.1. The molecule has 2 aromatic carbocycles. The van der Waals surface area contributed by atoms with Gasteiger partial charge in [0.25, 0.3) is 5.91 Å². The second kappa shape index (κ2) is 8.26. The molecule has 156 valence electrons. The Bertz CT molecular complexity index is 989. The Morgan fingerprint density at radius 3 is 2.50 bits per heavy atom. The van der Waals surface area contributed by atoms with Crippen molar-refractivity contribution in [2.75, 3.05) is 31.6 Å². The highest BCUT2D eigenvalue weighted by Crippen LogP contribution is 2.32. The summed E-state index contributed by atoms with van der Waals surface area (Å²) >= 11 is 0. The van der Waals surface area contributed by atoms with Crippen LogP contribution in [0.25, 0.3) is 0 Å². The van der Waals surface area contributed by atoms with Gasteiger partial charge in [-0.2, -0.15) is 0 Å². The van der Waals surface area contributed by atoms with Crippen molar-refractivity contribution in [2.24, 2.45) is 5.92 Å². The molecule has 1 unspecified atom stereocenters. The highest BCUT2D eigenvalue weighted by atomic mass is 19.1. The number of nitrogens with zero attached hydrogens (tertiary/aromatic N) is 2. The maximum Gasteiger partial charge on any atom is 0.337 e. The van der Waals surface area contributed by atoms with Crippen molar-refractivity contribution in [3.8, 4) is 0 Å². The number of hydrogen-bond donors (Lipinski definition) is 0. The Labute approximate surface area is 174 Å². The van der Waals surface area contributed by atoms with Crippen LogP contribution in [0.2, 0.25) is 0 Å². The van der Waals surface area contributed by atoms with Crippen molar-refractivity contribution in [1.82, 2.24) is 4.90 Å². The quantitative estimate of drug-likeness (QED) is 0.730. The molecule has 2 aromatic rings. The fourth-order valence-electron chi connectivity index (χ4n) is 4.23. The first-order chi connectivity index (χ1) is 14.5. The molecule has 0 aliphatic carbocycles. The zero-order chi connectivity index (χ0) is 21.3. The molecule has 6 nitrogen and oxygen atoms in total. The van der Waals surface area contributed by atoms with E-state index in [9.17, 15) is 18.8 Å². The van der Waals surface area contributed by atoms with E-state index in [-0.39, 0.29) is 23.5 Å². The molecule has 0 spiro atoms. The van der Waals surface area contributed by atoms with Crippen molar-refractivity contribution in [2.45, 2.75) is 19.3 Å². The Kier molecular flexibility index (Phi) is 5.53. The van der Waals surface area contributed by atoms with Crippen molar-refractivity contribution < 1.29 is 23.5 Å². The van der Waals surface area contributed by atoms with Gasteiger partial charge < -0.3 is 14.5 Å². The maximum atomic E-state index is 13.2. The lowest BCUT2D eigenvalue weighted by molar-refractivity contribution is -0.123. The minimum atomic E-state index is -0.398. The van der Waals surface area contributed by atoms with Gasteiger partial charge in [0.2, 0.25) is 5.91 Å². The lowest BCUT2D eigenvalue weighted by atomic mass is 9.95. The lowest BCUT2D eigenvalue weighted by Gasteiger charge is -2.34. The van der Waals surface area contributed by atoms with Gasteiger partial charge in [-0.25, -0.2) is 9.18 Å². The SMILES string of the molecule is COC(=O)c1ccc2c(c1)CCN2C(=O)C1CCCN(C(=O)c2ccc(F)cc2)C1. The molecule has 0 saturated carbocycles. The van der Waals surface area contributed by atoms with Crippen LogP contribution >= 0.6 is 0 Å². The number of piperidine rings is 1. The van der Waals surface area contributed by atoms with Crippen LogP contribution in [0.3, 0.4) is 0 Å². The third-order valence-corrected chi connectivity index (χ3v) is 5.81. The van der Waals surface area contributed by atoms with Gasteiger partial charge in [-0.3, -0.25) is 9.59 Å². The number of likely N-dealkylation sites (tertiary alicyclic amines) is 1. The average molecular weight is 410 g/mol. The Balaban J connectivity index is 1.47. The monoisotopic (exact) mass is 410 g/mol. The zero-order valence-corrected chi connectivity index (χ0v) is 16.8. The minimum absolute atomic E-state index is 0.00354. The standard InChI is InChI=1S/C23H23FN2O4/c1-30-23(29)17-6-9-20-16(13-17)10-12-26(20)22(28)18-3-2-11-25(14-18)21(27)15-4-7-19(24)8-5-15/h4-9,13,18H,2-3,10-12,14H2,1H3. The zero-order valence-electron chi connectivity index (χ0n) is 16.8. The number of amides is 2. The van der Waals surface area contributed by atoms with Crippen LogP contribution in [-0.4, -0.2) is 49.4 Å². The normalized spacial score (nSPS) is 18.1.